The number of rotatable bonds is 5. The van der Waals surface area contributed by atoms with Gasteiger partial charge >= 0.3 is 0 Å². The zero-order chi connectivity index (χ0) is 17.7. The molecule has 0 saturated carbocycles. The van der Waals surface area contributed by atoms with Gasteiger partial charge in [-0.3, -0.25) is 9.59 Å². The van der Waals surface area contributed by atoms with E-state index in [0.29, 0.717) is 0 Å². The summed E-state index contributed by atoms with van der Waals surface area (Å²) in [5, 5.41) is 2.85. The Bertz CT molecular complexity index is 759. The standard InChI is InChI=1S/C19H21FN2O2/c1-4-15-9-7-8-13(2)19(15)21-18(24)12-22(14(3)23)17-11-6-5-10-16(17)20/h5-11H,4,12H2,1-3H3,(H,21,24). The summed E-state index contributed by atoms with van der Waals surface area (Å²) in [6.45, 7) is 4.98. The van der Waals surface area contributed by atoms with Crippen molar-refractivity contribution in [1.29, 1.82) is 0 Å². The summed E-state index contributed by atoms with van der Waals surface area (Å²) in [5.41, 5.74) is 2.81. The molecule has 0 saturated heterocycles. The number of hydrogen-bond acceptors (Lipinski definition) is 2. The number of amides is 2. The average molecular weight is 328 g/mol. The number of para-hydroxylation sites is 2. The molecule has 0 spiro atoms. The minimum atomic E-state index is -0.536. The van der Waals surface area contributed by atoms with E-state index in [2.05, 4.69) is 5.32 Å². The number of halogens is 1. The Hall–Kier alpha value is -2.69. The molecule has 24 heavy (non-hydrogen) atoms. The lowest BCUT2D eigenvalue weighted by Crippen LogP contribution is -2.37. The van der Waals surface area contributed by atoms with Crippen LogP contribution in [-0.2, 0) is 16.0 Å². The first-order chi connectivity index (χ1) is 11.4. The van der Waals surface area contributed by atoms with Crippen LogP contribution in [0.15, 0.2) is 42.5 Å². The maximum absolute atomic E-state index is 13.9. The summed E-state index contributed by atoms with van der Waals surface area (Å²) in [6, 6.07) is 11.7. The second kappa shape index (κ2) is 7.73. The van der Waals surface area contributed by atoms with Crippen LogP contribution >= 0.6 is 0 Å². The molecule has 0 atom stereocenters. The van der Waals surface area contributed by atoms with Gasteiger partial charge in [0.2, 0.25) is 11.8 Å². The van der Waals surface area contributed by atoms with Gasteiger partial charge in [-0.1, -0.05) is 37.3 Å². The third-order valence-electron chi connectivity index (χ3n) is 3.83. The number of aryl methyl sites for hydroxylation is 2. The van der Waals surface area contributed by atoms with Gasteiger partial charge in [0.1, 0.15) is 12.4 Å². The zero-order valence-electron chi connectivity index (χ0n) is 14.1. The molecule has 2 aromatic carbocycles. The number of nitrogens with zero attached hydrogens (tertiary/aromatic N) is 1. The number of hydrogen-bond donors (Lipinski definition) is 1. The smallest absolute Gasteiger partial charge is 0.244 e. The number of carbonyl (C=O) groups is 2. The largest absolute Gasteiger partial charge is 0.324 e. The molecule has 2 rings (SSSR count). The van der Waals surface area contributed by atoms with Crippen molar-refractivity contribution in [3.8, 4) is 0 Å². The minimum Gasteiger partial charge on any atom is -0.324 e. The number of benzene rings is 2. The highest BCUT2D eigenvalue weighted by Crippen LogP contribution is 2.22. The predicted molar refractivity (Wildman–Crippen MR) is 93.6 cm³/mol. The van der Waals surface area contributed by atoms with Crippen LogP contribution < -0.4 is 10.2 Å². The van der Waals surface area contributed by atoms with E-state index in [0.717, 1.165) is 28.1 Å². The molecule has 0 aliphatic heterocycles. The van der Waals surface area contributed by atoms with Gasteiger partial charge in [0.05, 0.1) is 5.69 Å². The zero-order valence-corrected chi connectivity index (χ0v) is 14.1. The molecule has 1 N–H and O–H groups in total. The molecule has 0 fully saturated rings. The molecular weight excluding hydrogens is 307 g/mol. The lowest BCUT2D eigenvalue weighted by molar-refractivity contribution is -0.120. The van der Waals surface area contributed by atoms with Crippen molar-refractivity contribution in [2.45, 2.75) is 27.2 Å². The monoisotopic (exact) mass is 328 g/mol. The molecule has 0 bridgehead atoms. The van der Waals surface area contributed by atoms with Crippen molar-refractivity contribution in [3.63, 3.8) is 0 Å². The Kier molecular flexibility index (Phi) is 5.68. The molecule has 126 valence electrons. The fourth-order valence-corrected chi connectivity index (χ4v) is 2.56. The molecule has 0 unspecified atom stereocenters. The predicted octanol–water partition coefficient (Wildman–Crippen LogP) is 3.69. The molecule has 0 heterocycles. The van der Waals surface area contributed by atoms with Gasteiger partial charge in [0.25, 0.3) is 0 Å². The Balaban J connectivity index is 2.21. The molecule has 0 radical (unpaired) electrons. The van der Waals surface area contributed by atoms with E-state index in [1.807, 2.05) is 32.0 Å². The van der Waals surface area contributed by atoms with E-state index in [4.69, 9.17) is 0 Å². The highest BCUT2D eigenvalue weighted by Gasteiger charge is 2.19. The summed E-state index contributed by atoms with van der Waals surface area (Å²) >= 11 is 0. The fraction of sp³-hybridized carbons (Fsp3) is 0.263. The summed E-state index contributed by atoms with van der Waals surface area (Å²) in [5.74, 6) is -1.29. The fourth-order valence-electron chi connectivity index (χ4n) is 2.56. The van der Waals surface area contributed by atoms with Crippen LogP contribution in [0, 0.1) is 12.7 Å². The average Bonchev–Trinajstić information content (AvgIpc) is 2.55. The first-order valence-corrected chi connectivity index (χ1v) is 7.85. The third kappa shape index (κ3) is 3.98. The molecular formula is C19H21FN2O2. The van der Waals surface area contributed by atoms with Crippen molar-refractivity contribution in [1.82, 2.24) is 0 Å². The lowest BCUT2D eigenvalue weighted by atomic mass is 10.1. The van der Waals surface area contributed by atoms with Crippen LogP contribution in [0.5, 0.6) is 0 Å². The first kappa shape index (κ1) is 17.7. The maximum atomic E-state index is 13.9. The summed E-state index contributed by atoms with van der Waals surface area (Å²) in [6.07, 6.45) is 0.779. The first-order valence-electron chi connectivity index (χ1n) is 7.85. The van der Waals surface area contributed by atoms with Crippen LogP contribution in [0.4, 0.5) is 15.8 Å². The minimum absolute atomic E-state index is 0.0978. The summed E-state index contributed by atoms with van der Waals surface area (Å²) in [4.78, 5) is 25.4. The second-order valence-corrected chi connectivity index (χ2v) is 5.57. The van der Waals surface area contributed by atoms with Crippen molar-refractivity contribution in [2.24, 2.45) is 0 Å². The van der Waals surface area contributed by atoms with Gasteiger partial charge in [-0.25, -0.2) is 4.39 Å². The van der Waals surface area contributed by atoms with Crippen LogP contribution in [0.1, 0.15) is 25.0 Å². The Morgan fingerprint density at radius 1 is 1.12 bits per heavy atom. The van der Waals surface area contributed by atoms with E-state index >= 15 is 0 Å². The van der Waals surface area contributed by atoms with Gasteiger partial charge in [-0.05, 0) is 36.6 Å². The van der Waals surface area contributed by atoms with E-state index in [9.17, 15) is 14.0 Å². The van der Waals surface area contributed by atoms with Gasteiger partial charge in [0, 0.05) is 12.6 Å². The van der Waals surface area contributed by atoms with Crippen molar-refractivity contribution < 1.29 is 14.0 Å². The van der Waals surface area contributed by atoms with Crippen LogP contribution in [0.25, 0.3) is 0 Å². The van der Waals surface area contributed by atoms with Crippen LogP contribution in [0.2, 0.25) is 0 Å². The van der Waals surface area contributed by atoms with E-state index in [1.165, 1.54) is 25.1 Å². The number of nitrogens with one attached hydrogen (secondary N) is 1. The molecule has 0 aliphatic carbocycles. The van der Waals surface area contributed by atoms with E-state index in [-0.39, 0.29) is 18.1 Å². The second-order valence-electron chi connectivity index (χ2n) is 5.57. The van der Waals surface area contributed by atoms with E-state index in [1.54, 1.807) is 6.07 Å². The third-order valence-corrected chi connectivity index (χ3v) is 3.83. The summed E-state index contributed by atoms with van der Waals surface area (Å²) in [7, 11) is 0. The molecule has 0 aromatic heterocycles. The Morgan fingerprint density at radius 2 is 1.83 bits per heavy atom. The quantitative estimate of drug-likeness (QED) is 0.910. The van der Waals surface area contributed by atoms with Gasteiger partial charge in [-0.2, -0.15) is 0 Å². The molecule has 5 heteroatoms. The highest BCUT2D eigenvalue weighted by atomic mass is 19.1. The van der Waals surface area contributed by atoms with Gasteiger partial charge in [0.15, 0.2) is 0 Å². The Labute approximate surface area is 141 Å². The van der Waals surface area contributed by atoms with E-state index < -0.39 is 11.7 Å². The number of carbonyl (C=O) groups excluding carboxylic acids is 2. The van der Waals surface area contributed by atoms with Crippen LogP contribution in [0.3, 0.4) is 0 Å². The highest BCUT2D eigenvalue weighted by molar-refractivity contribution is 6.02. The molecule has 4 nitrogen and oxygen atoms in total. The van der Waals surface area contributed by atoms with Gasteiger partial charge < -0.3 is 10.2 Å². The SMILES string of the molecule is CCc1cccc(C)c1NC(=O)CN(C(C)=O)c1ccccc1F. The normalized spacial score (nSPS) is 10.3. The lowest BCUT2D eigenvalue weighted by Gasteiger charge is -2.22. The molecule has 2 aromatic rings. The van der Waals surface area contributed by atoms with Crippen LogP contribution in [-0.4, -0.2) is 18.4 Å². The molecule has 0 aliphatic rings. The van der Waals surface area contributed by atoms with Crippen molar-refractivity contribution in [2.75, 3.05) is 16.8 Å². The van der Waals surface area contributed by atoms with Crippen molar-refractivity contribution in [3.05, 3.63) is 59.4 Å². The summed E-state index contributed by atoms with van der Waals surface area (Å²) < 4.78 is 13.9. The molecule has 2 amide bonds. The Morgan fingerprint density at radius 3 is 2.46 bits per heavy atom. The van der Waals surface area contributed by atoms with Crippen molar-refractivity contribution >= 4 is 23.2 Å². The maximum Gasteiger partial charge on any atom is 0.244 e. The van der Waals surface area contributed by atoms with Gasteiger partial charge in [-0.15, -0.1) is 0 Å². The topological polar surface area (TPSA) is 49.4 Å². The number of anilines is 2.